The fourth-order valence-corrected chi connectivity index (χ4v) is 1.98. The van der Waals surface area contributed by atoms with Gasteiger partial charge in [0.15, 0.2) is 5.82 Å². The van der Waals surface area contributed by atoms with Crippen LogP contribution in [0.2, 0.25) is 0 Å². The van der Waals surface area contributed by atoms with E-state index in [0.29, 0.717) is 6.04 Å². The van der Waals surface area contributed by atoms with Crippen molar-refractivity contribution in [3.05, 3.63) is 29.7 Å². The minimum Gasteiger partial charge on any atom is -0.366 e. The second-order valence-corrected chi connectivity index (χ2v) is 4.63. The molecule has 0 saturated heterocycles. The molecule has 2 N–H and O–H groups in total. The van der Waals surface area contributed by atoms with E-state index in [9.17, 15) is 0 Å². The number of aromatic amines is 1. The molecule has 2 aromatic rings. The Kier molecular flexibility index (Phi) is 4.02. The van der Waals surface area contributed by atoms with E-state index in [0.717, 1.165) is 25.2 Å². The molecule has 0 aliphatic rings. The first kappa shape index (κ1) is 12.7. The molecule has 0 bridgehead atoms. The van der Waals surface area contributed by atoms with E-state index >= 15 is 0 Å². The molecular weight excluding hydrogens is 226 g/mol. The molecule has 0 amide bonds. The lowest BCUT2D eigenvalue weighted by Gasteiger charge is -2.13. The van der Waals surface area contributed by atoms with Crippen molar-refractivity contribution < 1.29 is 0 Å². The molecule has 5 nitrogen and oxygen atoms in total. The van der Waals surface area contributed by atoms with Crippen molar-refractivity contribution >= 4 is 5.82 Å². The Morgan fingerprint density at radius 3 is 2.94 bits per heavy atom. The molecule has 1 atom stereocenters. The van der Waals surface area contributed by atoms with Crippen LogP contribution in [0.3, 0.4) is 0 Å². The maximum Gasteiger partial charge on any atom is 0.151 e. The van der Waals surface area contributed by atoms with Gasteiger partial charge in [-0.1, -0.05) is 6.92 Å². The lowest BCUT2D eigenvalue weighted by atomic mass is 10.2. The van der Waals surface area contributed by atoms with Crippen molar-refractivity contribution in [1.82, 2.24) is 20.0 Å². The van der Waals surface area contributed by atoms with Crippen LogP contribution in [0.15, 0.2) is 18.5 Å². The highest BCUT2D eigenvalue weighted by Gasteiger charge is 2.10. The molecule has 98 valence electrons. The normalized spacial score (nSPS) is 12.6. The maximum absolute atomic E-state index is 4.31. The summed E-state index contributed by atoms with van der Waals surface area (Å²) in [5, 5.41) is 15.0. The molecule has 0 fully saturated rings. The van der Waals surface area contributed by atoms with Crippen molar-refractivity contribution in [3.63, 3.8) is 0 Å². The van der Waals surface area contributed by atoms with E-state index in [-0.39, 0.29) is 0 Å². The lowest BCUT2D eigenvalue weighted by molar-refractivity contribution is 0.545. The highest BCUT2D eigenvalue weighted by atomic mass is 15.3. The molecule has 5 heteroatoms. The van der Waals surface area contributed by atoms with Gasteiger partial charge in [-0.25, -0.2) is 0 Å². The predicted octanol–water partition coefficient (Wildman–Crippen LogP) is 2.37. The second kappa shape index (κ2) is 5.71. The Morgan fingerprint density at radius 1 is 1.50 bits per heavy atom. The molecule has 2 heterocycles. The highest BCUT2D eigenvalue weighted by molar-refractivity contribution is 5.46. The molecule has 2 aromatic heterocycles. The Balaban J connectivity index is 1.86. The standard InChI is InChI=1S/C13H21N5/c1-4-12-11(3)13(17-16-12)15-10(2)6-9-18-8-5-7-14-18/h5,7-8,10H,4,6,9H2,1-3H3,(H2,15,16,17). The molecule has 0 radical (unpaired) electrons. The summed E-state index contributed by atoms with van der Waals surface area (Å²) in [7, 11) is 0. The summed E-state index contributed by atoms with van der Waals surface area (Å²) in [5.74, 6) is 0.972. The van der Waals surface area contributed by atoms with Gasteiger partial charge in [-0.05, 0) is 32.8 Å². The van der Waals surface area contributed by atoms with E-state index < -0.39 is 0 Å². The molecule has 0 aliphatic heterocycles. The summed E-state index contributed by atoms with van der Waals surface area (Å²) in [5.41, 5.74) is 2.43. The summed E-state index contributed by atoms with van der Waals surface area (Å²) in [6, 6.07) is 2.32. The molecule has 1 unspecified atom stereocenters. The first-order chi connectivity index (χ1) is 8.70. The highest BCUT2D eigenvalue weighted by Crippen LogP contribution is 2.16. The van der Waals surface area contributed by atoms with Crippen molar-refractivity contribution in [2.24, 2.45) is 0 Å². The van der Waals surface area contributed by atoms with Crippen LogP contribution < -0.4 is 5.32 Å². The van der Waals surface area contributed by atoms with Crippen molar-refractivity contribution in [3.8, 4) is 0 Å². The predicted molar refractivity (Wildman–Crippen MR) is 72.6 cm³/mol. The molecule has 0 saturated carbocycles. The summed E-state index contributed by atoms with van der Waals surface area (Å²) in [6.07, 6.45) is 5.81. The summed E-state index contributed by atoms with van der Waals surface area (Å²) < 4.78 is 1.95. The summed E-state index contributed by atoms with van der Waals surface area (Å²) in [4.78, 5) is 0. The van der Waals surface area contributed by atoms with Crippen LogP contribution in [0, 0.1) is 6.92 Å². The molecule has 0 spiro atoms. The number of anilines is 1. The van der Waals surface area contributed by atoms with Gasteiger partial charge in [0, 0.05) is 36.2 Å². The van der Waals surface area contributed by atoms with Gasteiger partial charge < -0.3 is 5.32 Å². The van der Waals surface area contributed by atoms with Gasteiger partial charge in [-0.3, -0.25) is 9.78 Å². The van der Waals surface area contributed by atoms with E-state index in [2.05, 4.69) is 41.4 Å². The number of nitrogens with one attached hydrogen (secondary N) is 2. The lowest BCUT2D eigenvalue weighted by Crippen LogP contribution is -2.18. The van der Waals surface area contributed by atoms with Crippen LogP contribution in [-0.2, 0) is 13.0 Å². The quantitative estimate of drug-likeness (QED) is 0.824. The third-order valence-electron chi connectivity index (χ3n) is 3.20. The Bertz CT molecular complexity index is 472. The number of hydrogen-bond acceptors (Lipinski definition) is 3. The smallest absolute Gasteiger partial charge is 0.151 e. The minimum atomic E-state index is 0.376. The Labute approximate surface area is 108 Å². The van der Waals surface area contributed by atoms with Gasteiger partial charge in [0.05, 0.1) is 0 Å². The maximum atomic E-state index is 4.31. The molecule has 18 heavy (non-hydrogen) atoms. The van der Waals surface area contributed by atoms with Gasteiger partial charge in [0.1, 0.15) is 0 Å². The second-order valence-electron chi connectivity index (χ2n) is 4.63. The van der Waals surface area contributed by atoms with Crippen LogP contribution in [-0.4, -0.2) is 26.0 Å². The van der Waals surface area contributed by atoms with Crippen LogP contribution in [0.1, 0.15) is 31.5 Å². The molecular formula is C13H21N5. The van der Waals surface area contributed by atoms with Gasteiger partial charge in [0.2, 0.25) is 0 Å². The van der Waals surface area contributed by atoms with Gasteiger partial charge >= 0.3 is 0 Å². The zero-order valence-corrected chi connectivity index (χ0v) is 11.3. The van der Waals surface area contributed by atoms with Crippen LogP contribution >= 0.6 is 0 Å². The van der Waals surface area contributed by atoms with E-state index in [1.807, 2.05) is 23.1 Å². The summed E-state index contributed by atoms with van der Waals surface area (Å²) in [6.45, 7) is 7.32. The SMILES string of the molecule is CCc1[nH]nc(NC(C)CCn2cccn2)c1C. The van der Waals surface area contributed by atoms with Gasteiger partial charge in [0.25, 0.3) is 0 Å². The largest absolute Gasteiger partial charge is 0.366 e. The zero-order valence-electron chi connectivity index (χ0n) is 11.3. The average molecular weight is 247 g/mol. The Morgan fingerprint density at radius 2 is 2.33 bits per heavy atom. The number of nitrogens with zero attached hydrogens (tertiary/aromatic N) is 3. The fourth-order valence-electron chi connectivity index (χ4n) is 1.98. The van der Waals surface area contributed by atoms with Gasteiger partial charge in [-0.2, -0.15) is 10.2 Å². The fraction of sp³-hybridized carbons (Fsp3) is 0.538. The van der Waals surface area contributed by atoms with E-state index in [4.69, 9.17) is 0 Å². The van der Waals surface area contributed by atoms with E-state index in [1.165, 1.54) is 11.3 Å². The first-order valence-corrected chi connectivity index (χ1v) is 6.48. The number of hydrogen-bond donors (Lipinski definition) is 2. The molecule has 0 aliphatic carbocycles. The monoisotopic (exact) mass is 247 g/mol. The minimum absolute atomic E-state index is 0.376. The summed E-state index contributed by atoms with van der Waals surface area (Å²) >= 11 is 0. The zero-order chi connectivity index (χ0) is 13.0. The van der Waals surface area contributed by atoms with Crippen molar-refractivity contribution in [1.29, 1.82) is 0 Å². The van der Waals surface area contributed by atoms with Crippen LogP contribution in [0.5, 0.6) is 0 Å². The van der Waals surface area contributed by atoms with Crippen molar-refractivity contribution in [2.45, 2.75) is 46.2 Å². The van der Waals surface area contributed by atoms with Crippen molar-refractivity contribution in [2.75, 3.05) is 5.32 Å². The number of H-pyrrole nitrogens is 1. The molecule has 2 rings (SSSR count). The first-order valence-electron chi connectivity index (χ1n) is 6.48. The van der Waals surface area contributed by atoms with Crippen LogP contribution in [0.25, 0.3) is 0 Å². The molecule has 0 aromatic carbocycles. The third-order valence-corrected chi connectivity index (χ3v) is 3.20. The van der Waals surface area contributed by atoms with Gasteiger partial charge in [-0.15, -0.1) is 0 Å². The number of aromatic nitrogens is 4. The topological polar surface area (TPSA) is 58.5 Å². The third kappa shape index (κ3) is 2.91. The average Bonchev–Trinajstić information content (AvgIpc) is 2.98. The number of rotatable bonds is 6. The van der Waals surface area contributed by atoms with Crippen LogP contribution in [0.4, 0.5) is 5.82 Å². The number of aryl methyl sites for hydroxylation is 2. The van der Waals surface area contributed by atoms with E-state index in [1.54, 1.807) is 0 Å². The Hall–Kier alpha value is -1.78.